The predicted molar refractivity (Wildman–Crippen MR) is 81.1 cm³/mol. The fraction of sp³-hybridized carbons (Fsp3) is 0.294. The van der Waals surface area contributed by atoms with Crippen molar-refractivity contribution in [3.05, 3.63) is 59.7 Å². The molecule has 0 spiro atoms. The van der Waals surface area contributed by atoms with Crippen LogP contribution in [0.3, 0.4) is 0 Å². The van der Waals surface area contributed by atoms with E-state index in [0.717, 1.165) is 19.4 Å². The van der Waals surface area contributed by atoms with Crippen LogP contribution < -0.4 is 5.32 Å². The lowest BCUT2D eigenvalue weighted by Crippen LogP contribution is -2.29. The highest BCUT2D eigenvalue weighted by Crippen LogP contribution is 2.12. The van der Waals surface area contributed by atoms with Crippen LogP contribution in [0.15, 0.2) is 48.5 Å². The maximum atomic E-state index is 9.24. The highest BCUT2D eigenvalue weighted by Gasteiger charge is 2.03. The fourth-order valence-electron chi connectivity index (χ4n) is 2.18. The molecule has 1 unspecified atom stereocenters. The molecule has 2 aromatic rings. The molecule has 1 atom stereocenters. The Balaban J connectivity index is 1.73. The van der Waals surface area contributed by atoms with Crippen LogP contribution in [0.2, 0.25) is 0 Å². The van der Waals surface area contributed by atoms with E-state index in [9.17, 15) is 10.2 Å². The van der Waals surface area contributed by atoms with Gasteiger partial charge in [0.2, 0.25) is 0 Å². The van der Waals surface area contributed by atoms with E-state index in [1.165, 1.54) is 11.1 Å². The van der Waals surface area contributed by atoms with Gasteiger partial charge in [0.25, 0.3) is 0 Å². The Morgan fingerprint density at radius 1 is 0.850 bits per heavy atom. The van der Waals surface area contributed by atoms with E-state index in [1.807, 2.05) is 24.3 Å². The summed E-state index contributed by atoms with van der Waals surface area (Å²) < 4.78 is 0. The van der Waals surface area contributed by atoms with Crippen LogP contribution in [0.5, 0.6) is 11.5 Å². The number of hydrogen-bond donors (Lipinski definition) is 3. The summed E-state index contributed by atoms with van der Waals surface area (Å²) in [5.41, 5.74) is 2.43. The Morgan fingerprint density at radius 3 is 1.90 bits per heavy atom. The summed E-state index contributed by atoms with van der Waals surface area (Å²) >= 11 is 0. The largest absolute Gasteiger partial charge is 0.508 e. The van der Waals surface area contributed by atoms with Gasteiger partial charge >= 0.3 is 0 Å². The summed E-state index contributed by atoms with van der Waals surface area (Å²) in [6.07, 6.45) is 1.88. The molecule has 3 nitrogen and oxygen atoms in total. The number of benzene rings is 2. The van der Waals surface area contributed by atoms with Gasteiger partial charge in [0, 0.05) is 6.04 Å². The molecule has 0 aromatic heterocycles. The Hall–Kier alpha value is -2.00. The molecule has 0 aliphatic heterocycles. The third-order valence-corrected chi connectivity index (χ3v) is 3.32. The molecule has 0 bridgehead atoms. The van der Waals surface area contributed by atoms with E-state index in [2.05, 4.69) is 12.2 Å². The smallest absolute Gasteiger partial charge is 0.115 e. The van der Waals surface area contributed by atoms with Gasteiger partial charge < -0.3 is 15.5 Å². The fourth-order valence-corrected chi connectivity index (χ4v) is 2.18. The highest BCUT2D eigenvalue weighted by molar-refractivity contribution is 5.27. The lowest BCUT2D eigenvalue weighted by molar-refractivity contribution is 0.474. The van der Waals surface area contributed by atoms with Gasteiger partial charge in [-0.25, -0.2) is 0 Å². The average molecular weight is 271 g/mol. The van der Waals surface area contributed by atoms with Crippen molar-refractivity contribution in [1.29, 1.82) is 0 Å². The van der Waals surface area contributed by atoms with E-state index in [4.69, 9.17) is 0 Å². The summed E-state index contributed by atoms with van der Waals surface area (Å²) in [7, 11) is 0. The van der Waals surface area contributed by atoms with E-state index < -0.39 is 0 Å². The first-order valence-electron chi connectivity index (χ1n) is 6.92. The van der Waals surface area contributed by atoms with Gasteiger partial charge in [0.05, 0.1) is 0 Å². The Bertz CT molecular complexity index is 520. The molecule has 2 rings (SSSR count). The Labute approximate surface area is 119 Å². The molecule has 0 aliphatic rings. The lowest BCUT2D eigenvalue weighted by Gasteiger charge is -2.14. The van der Waals surface area contributed by atoms with Gasteiger partial charge in [-0.05, 0) is 61.7 Å². The van der Waals surface area contributed by atoms with Crippen molar-refractivity contribution in [2.45, 2.75) is 25.8 Å². The lowest BCUT2D eigenvalue weighted by atomic mass is 10.1. The molecule has 20 heavy (non-hydrogen) atoms. The monoisotopic (exact) mass is 271 g/mol. The van der Waals surface area contributed by atoms with Crippen molar-refractivity contribution in [2.75, 3.05) is 6.54 Å². The van der Waals surface area contributed by atoms with Crippen molar-refractivity contribution >= 4 is 0 Å². The Kier molecular flexibility index (Phi) is 5.02. The molecular formula is C17H21NO2. The van der Waals surface area contributed by atoms with Crippen molar-refractivity contribution in [1.82, 2.24) is 5.32 Å². The van der Waals surface area contributed by atoms with Gasteiger partial charge in [0.15, 0.2) is 0 Å². The molecular weight excluding hydrogens is 250 g/mol. The molecule has 0 aliphatic carbocycles. The van der Waals surface area contributed by atoms with Crippen molar-refractivity contribution in [3.63, 3.8) is 0 Å². The number of nitrogens with one attached hydrogen (secondary N) is 1. The maximum Gasteiger partial charge on any atom is 0.115 e. The second-order valence-electron chi connectivity index (χ2n) is 5.14. The first-order chi connectivity index (χ1) is 9.63. The molecule has 106 valence electrons. The van der Waals surface area contributed by atoms with Crippen molar-refractivity contribution in [2.24, 2.45) is 0 Å². The summed E-state index contributed by atoms with van der Waals surface area (Å²) in [5.74, 6) is 0.615. The van der Waals surface area contributed by atoms with Crippen molar-refractivity contribution < 1.29 is 10.2 Å². The molecule has 0 saturated carbocycles. The second-order valence-corrected chi connectivity index (χ2v) is 5.14. The molecule has 0 amide bonds. The summed E-state index contributed by atoms with van der Waals surface area (Å²) in [5, 5.41) is 21.9. The van der Waals surface area contributed by atoms with Crippen molar-refractivity contribution in [3.8, 4) is 11.5 Å². The zero-order valence-electron chi connectivity index (χ0n) is 11.7. The normalized spacial score (nSPS) is 12.2. The zero-order valence-corrected chi connectivity index (χ0v) is 11.7. The molecule has 0 radical (unpaired) electrons. The molecule has 3 heteroatoms. The quantitative estimate of drug-likeness (QED) is 0.757. The summed E-state index contributed by atoms with van der Waals surface area (Å²) in [6, 6.07) is 15.1. The van der Waals surface area contributed by atoms with E-state index in [1.54, 1.807) is 24.3 Å². The van der Waals surface area contributed by atoms with Gasteiger partial charge in [-0.2, -0.15) is 0 Å². The number of hydrogen-bond acceptors (Lipinski definition) is 3. The highest BCUT2D eigenvalue weighted by atomic mass is 16.3. The van der Waals surface area contributed by atoms with Gasteiger partial charge in [-0.3, -0.25) is 0 Å². The van der Waals surface area contributed by atoms with E-state index in [0.29, 0.717) is 17.5 Å². The van der Waals surface area contributed by atoms with Crippen LogP contribution in [0, 0.1) is 0 Å². The van der Waals surface area contributed by atoms with Crippen LogP contribution in [0.1, 0.15) is 18.1 Å². The minimum Gasteiger partial charge on any atom is -0.508 e. The summed E-state index contributed by atoms with van der Waals surface area (Å²) in [4.78, 5) is 0. The van der Waals surface area contributed by atoms with Gasteiger partial charge in [0.1, 0.15) is 11.5 Å². The molecule has 0 saturated heterocycles. The molecule has 0 heterocycles. The zero-order chi connectivity index (χ0) is 14.4. The predicted octanol–water partition coefficient (Wildman–Crippen LogP) is 2.86. The average Bonchev–Trinajstić information content (AvgIpc) is 2.44. The van der Waals surface area contributed by atoms with Crippen LogP contribution in [-0.4, -0.2) is 22.8 Å². The van der Waals surface area contributed by atoms with E-state index >= 15 is 0 Å². The Morgan fingerprint density at radius 2 is 1.35 bits per heavy atom. The number of phenolic OH excluding ortho intramolecular Hbond substituents is 2. The van der Waals surface area contributed by atoms with Gasteiger partial charge in [-0.15, -0.1) is 0 Å². The van der Waals surface area contributed by atoms with Crippen LogP contribution in [-0.2, 0) is 12.8 Å². The SMILES string of the molecule is CC(Cc1ccc(O)cc1)NCCc1ccc(O)cc1. The second kappa shape index (κ2) is 6.96. The van der Waals surface area contributed by atoms with E-state index in [-0.39, 0.29) is 0 Å². The number of phenols is 2. The molecule has 0 fully saturated rings. The third-order valence-electron chi connectivity index (χ3n) is 3.32. The summed E-state index contributed by atoms with van der Waals surface area (Å²) in [6.45, 7) is 3.06. The third kappa shape index (κ3) is 4.59. The number of rotatable bonds is 6. The van der Waals surface area contributed by atoms with Gasteiger partial charge in [-0.1, -0.05) is 24.3 Å². The van der Waals surface area contributed by atoms with Crippen LogP contribution >= 0.6 is 0 Å². The first-order valence-corrected chi connectivity index (χ1v) is 6.92. The molecule has 3 N–H and O–H groups in total. The van der Waals surface area contributed by atoms with Crippen LogP contribution in [0.25, 0.3) is 0 Å². The topological polar surface area (TPSA) is 52.5 Å². The van der Waals surface area contributed by atoms with Crippen LogP contribution in [0.4, 0.5) is 0 Å². The maximum absolute atomic E-state index is 9.24. The first kappa shape index (κ1) is 14.4. The molecule has 2 aromatic carbocycles. The number of aromatic hydroxyl groups is 2. The minimum absolute atomic E-state index is 0.307. The standard InChI is InChI=1S/C17H21NO2/c1-13(12-15-4-8-17(20)9-5-15)18-11-10-14-2-6-16(19)7-3-14/h2-9,13,18-20H,10-12H2,1H3. The minimum atomic E-state index is 0.307.